The quantitative estimate of drug-likeness (QED) is 0.725. The van der Waals surface area contributed by atoms with Gasteiger partial charge in [-0.25, -0.2) is 0 Å². The van der Waals surface area contributed by atoms with E-state index in [1.807, 2.05) is 12.1 Å². The number of allylic oxidation sites excluding steroid dienone is 1. The van der Waals surface area contributed by atoms with Gasteiger partial charge in [0.25, 0.3) is 0 Å². The average Bonchev–Trinajstić information content (AvgIpc) is 2.45. The summed E-state index contributed by atoms with van der Waals surface area (Å²) in [7, 11) is 0. The van der Waals surface area contributed by atoms with Gasteiger partial charge in [-0.3, -0.25) is 9.59 Å². The van der Waals surface area contributed by atoms with Gasteiger partial charge in [0.2, 0.25) is 11.6 Å². The topological polar surface area (TPSA) is 43.4 Å². The van der Waals surface area contributed by atoms with E-state index in [0.29, 0.717) is 23.3 Å². The molecule has 3 rings (SSSR count). The molecule has 98 valence electrons. The van der Waals surface area contributed by atoms with Gasteiger partial charge in [0.05, 0.1) is 0 Å². The zero-order chi connectivity index (χ0) is 13.6. The lowest BCUT2D eigenvalue weighted by atomic mass is 9.81. The molecule has 1 heterocycles. The molecule has 1 aromatic carbocycles. The van der Waals surface area contributed by atoms with Crippen LogP contribution in [-0.2, 0) is 9.53 Å². The number of ether oxygens (including phenoxy) is 1. The van der Waals surface area contributed by atoms with Gasteiger partial charge < -0.3 is 4.74 Å². The van der Waals surface area contributed by atoms with E-state index in [2.05, 4.69) is 13.8 Å². The second-order valence-corrected chi connectivity index (χ2v) is 5.42. The number of benzene rings is 1. The number of hydrogen-bond donors (Lipinski definition) is 0. The number of fused-ring (bicyclic) bond motifs is 2. The summed E-state index contributed by atoms with van der Waals surface area (Å²) in [4.78, 5) is 24.2. The molecule has 2 aliphatic rings. The van der Waals surface area contributed by atoms with E-state index in [9.17, 15) is 9.59 Å². The van der Waals surface area contributed by atoms with E-state index in [1.54, 1.807) is 12.1 Å². The van der Waals surface area contributed by atoms with Crippen molar-refractivity contribution in [2.75, 3.05) is 0 Å². The minimum Gasteiger partial charge on any atom is -0.486 e. The third-order valence-corrected chi connectivity index (χ3v) is 4.17. The minimum atomic E-state index is -0.405. The maximum atomic E-state index is 12.1. The number of hydrogen-bond acceptors (Lipinski definition) is 3. The maximum absolute atomic E-state index is 12.1. The Labute approximate surface area is 112 Å². The van der Waals surface area contributed by atoms with E-state index in [4.69, 9.17) is 4.74 Å². The third kappa shape index (κ3) is 1.72. The molecular weight excluding hydrogens is 240 g/mol. The second kappa shape index (κ2) is 4.05. The SMILES string of the molecule is CC[C@]1(C)CCC2=C(O1)c1ccccc1C(=O)C2=O. The Morgan fingerprint density at radius 1 is 1.16 bits per heavy atom. The highest BCUT2D eigenvalue weighted by molar-refractivity contribution is 6.52. The van der Waals surface area contributed by atoms with E-state index >= 15 is 0 Å². The molecule has 19 heavy (non-hydrogen) atoms. The van der Waals surface area contributed by atoms with Crippen LogP contribution in [-0.4, -0.2) is 17.2 Å². The summed E-state index contributed by atoms with van der Waals surface area (Å²) in [5.41, 5.74) is 1.54. The van der Waals surface area contributed by atoms with Crippen molar-refractivity contribution in [1.29, 1.82) is 0 Å². The molecule has 0 fully saturated rings. The van der Waals surface area contributed by atoms with Gasteiger partial charge in [-0.05, 0) is 26.2 Å². The first-order valence-corrected chi connectivity index (χ1v) is 6.66. The van der Waals surface area contributed by atoms with Crippen LogP contribution in [0.1, 0.15) is 49.0 Å². The summed E-state index contributed by atoms with van der Waals surface area (Å²) in [6.07, 6.45) is 2.29. The van der Waals surface area contributed by atoms with Gasteiger partial charge in [-0.2, -0.15) is 0 Å². The Morgan fingerprint density at radius 3 is 2.53 bits per heavy atom. The molecule has 0 saturated heterocycles. The third-order valence-electron chi connectivity index (χ3n) is 4.17. The van der Waals surface area contributed by atoms with Crippen LogP contribution >= 0.6 is 0 Å². The average molecular weight is 256 g/mol. The summed E-state index contributed by atoms with van der Waals surface area (Å²) < 4.78 is 6.08. The number of carbonyl (C=O) groups is 2. The number of ketones is 2. The normalized spacial score (nSPS) is 25.8. The molecule has 1 aliphatic heterocycles. The van der Waals surface area contributed by atoms with E-state index in [0.717, 1.165) is 18.4 Å². The molecule has 0 bridgehead atoms. The smallest absolute Gasteiger partial charge is 0.234 e. The standard InChI is InChI=1S/C16H16O3/c1-3-16(2)9-8-12-14(18)13(17)10-6-4-5-7-11(10)15(12)19-16/h4-7H,3,8-9H2,1-2H3/t16-/m1/s1. The van der Waals surface area contributed by atoms with Crippen LogP contribution in [0.15, 0.2) is 29.8 Å². The van der Waals surface area contributed by atoms with Gasteiger partial charge in [0.15, 0.2) is 0 Å². The molecular formula is C16H16O3. The van der Waals surface area contributed by atoms with Crippen LogP contribution in [0, 0.1) is 0 Å². The molecule has 0 radical (unpaired) electrons. The maximum Gasteiger partial charge on any atom is 0.234 e. The van der Waals surface area contributed by atoms with Gasteiger partial charge in [0.1, 0.15) is 11.4 Å². The van der Waals surface area contributed by atoms with Gasteiger partial charge in [-0.1, -0.05) is 31.2 Å². The molecule has 1 atom stereocenters. The van der Waals surface area contributed by atoms with Gasteiger partial charge >= 0.3 is 0 Å². The Morgan fingerprint density at radius 2 is 1.84 bits per heavy atom. The Bertz CT molecular complexity index is 612. The largest absolute Gasteiger partial charge is 0.486 e. The number of Topliss-reactive ketones (excluding diaryl/α,β-unsaturated/α-hetero) is 2. The highest BCUT2D eigenvalue weighted by atomic mass is 16.5. The lowest BCUT2D eigenvalue weighted by Gasteiger charge is -2.38. The zero-order valence-electron chi connectivity index (χ0n) is 11.2. The van der Waals surface area contributed by atoms with Gasteiger partial charge in [-0.15, -0.1) is 0 Å². The van der Waals surface area contributed by atoms with Crippen LogP contribution in [0.4, 0.5) is 0 Å². The predicted octanol–water partition coefficient (Wildman–Crippen LogP) is 3.14. The fourth-order valence-electron chi connectivity index (χ4n) is 2.68. The molecule has 0 aromatic heterocycles. The van der Waals surface area contributed by atoms with Crippen LogP contribution in [0.3, 0.4) is 0 Å². The lowest BCUT2D eigenvalue weighted by Crippen LogP contribution is -2.36. The van der Waals surface area contributed by atoms with Crippen LogP contribution in [0.5, 0.6) is 0 Å². The fraction of sp³-hybridized carbons (Fsp3) is 0.375. The Kier molecular flexibility index (Phi) is 2.59. The first-order valence-electron chi connectivity index (χ1n) is 6.66. The van der Waals surface area contributed by atoms with Crippen LogP contribution < -0.4 is 0 Å². The van der Waals surface area contributed by atoms with Crippen molar-refractivity contribution in [2.45, 2.75) is 38.7 Å². The summed E-state index contributed by atoms with van der Waals surface area (Å²) in [6, 6.07) is 7.20. The van der Waals surface area contributed by atoms with Crippen molar-refractivity contribution in [3.8, 4) is 0 Å². The summed E-state index contributed by atoms with van der Waals surface area (Å²) in [5.74, 6) is -0.180. The van der Waals surface area contributed by atoms with E-state index in [-0.39, 0.29) is 5.60 Å². The van der Waals surface area contributed by atoms with Crippen molar-refractivity contribution in [3.05, 3.63) is 41.0 Å². The molecule has 3 nitrogen and oxygen atoms in total. The molecule has 1 aromatic rings. The highest BCUT2D eigenvalue weighted by Gasteiger charge is 2.40. The monoisotopic (exact) mass is 256 g/mol. The molecule has 0 saturated carbocycles. The van der Waals surface area contributed by atoms with Crippen molar-refractivity contribution in [3.63, 3.8) is 0 Å². The molecule has 0 N–H and O–H groups in total. The van der Waals surface area contributed by atoms with Gasteiger partial charge in [0, 0.05) is 16.7 Å². The van der Waals surface area contributed by atoms with Crippen molar-refractivity contribution < 1.29 is 14.3 Å². The Hall–Kier alpha value is -1.90. The minimum absolute atomic E-state index is 0.243. The first kappa shape index (κ1) is 12.2. The summed E-state index contributed by atoms with van der Waals surface area (Å²) in [5, 5.41) is 0. The predicted molar refractivity (Wildman–Crippen MR) is 71.7 cm³/mol. The molecule has 1 aliphatic carbocycles. The highest BCUT2D eigenvalue weighted by Crippen LogP contribution is 2.42. The van der Waals surface area contributed by atoms with Crippen molar-refractivity contribution >= 4 is 17.3 Å². The number of carbonyl (C=O) groups excluding carboxylic acids is 2. The van der Waals surface area contributed by atoms with Crippen LogP contribution in [0.25, 0.3) is 5.76 Å². The first-order chi connectivity index (χ1) is 9.06. The number of rotatable bonds is 1. The van der Waals surface area contributed by atoms with Crippen molar-refractivity contribution in [2.24, 2.45) is 0 Å². The zero-order valence-corrected chi connectivity index (χ0v) is 11.2. The fourth-order valence-corrected chi connectivity index (χ4v) is 2.68. The summed E-state index contributed by atoms with van der Waals surface area (Å²) >= 11 is 0. The molecule has 0 unspecified atom stereocenters. The molecule has 0 amide bonds. The van der Waals surface area contributed by atoms with E-state index in [1.165, 1.54) is 0 Å². The summed E-state index contributed by atoms with van der Waals surface area (Å²) in [6.45, 7) is 4.13. The van der Waals surface area contributed by atoms with Crippen LogP contribution in [0.2, 0.25) is 0 Å². The van der Waals surface area contributed by atoms with Crippen molar-refractivity contribution in [1.82, 2.24) is 0 Å². The Balaban J connectivity index is 2.18. The molecule has 0 spiro atoms. The van der Waals surface area contributed by atoms with E-state index < -0.39 is 11.6 Å². The second-order valence-electron chi connectivity index (χ2n) is 5.42. The lowest BCUT2D eigenvalue weighted by molar-refractivity contribution is -0.112. The molecule has 3 heteroatoms.